The molecule has 2 unspecified atom stereocenters. The molecule has 0 amide bonds. The minimum absolute atomic E-state index is 0.188. The van der Waals surface area contributed by atoms with Crippen LogP contribution in [0.15, 0.2) is 23.2 Å². The maximum atomic E-state index is 13.1. The number of halogens is 3. The van der Waals surface area contributed by atoms with Crippen LogP contribution in [0.5, 0.6) is 0 Å². The van der Waals surface area contributed by atoms with E-state index < -0.39 is 11.7 Å². The fraction of sp³-hybridized carbons (Fsp3) is 0.529. The molecule has 0 N–H and O–H groups in total. The van der Waals surface area contributed by atoms with Crippen molar-refractivity contribution in [2.45, 2.75) is 38.8 Å². The van der Waals surface area contributed by atoms with Crippen LogP contribution in [0, 0.1) is 23.2 Å². The van der Waals surface area contributed by atoms with Gasteiger partial charge in [-0.3, -0.25) is 4.99 Å². The van der Waals surface area contributed by atoms with Gasteiger partial charge in [0.15, 0.2) is 0 Å². The van der Waals surface area contributed by atoms with E-state index in [1.807, 2.05) is 0 Å². The first-order chi connectivity index (χ1) is 10.4. The number of alkyl halides is 3. The molecule has 0 aliphatic heterocycles. The number of nitrogens with zero attached hydrogens (tertiary/aromatic N) is 2. The zero-order valence-corrected chi connectivity index (χ0v) is 12.7. The molecule has 0 bridgehead atoms. The summed E-state index contributed by atoms with van der Waals surface area (Å²) < 4.78 is 39.3. The van der Waals surface area contributed by atoms with Gasteiger partial charge in [-0.05, 0) is 30.0 Å². The molecule has 2 atom stereocenters. The van der Waals surface area contributed by atoms with Gasteiger partial charge in [0, 0.05) is 18.7 Å². The van der Waals surface area contributed by atoms with Crippen molar-refractivity contribution in [3.05, 3.63) is 34.9 Å². The Morgan fingerprint density at radius 2 is 1.95 bits per heavy atom. The summed E-state index contributed by atoms with van der Waals surface area (Å²) in [5.74, 6) is 0.602. The first-order valence-electron chi connectivity index (χ1n) is 7.47. The van der Waals surface area contributed by atoms with E-state index in [2.05, 4.69) is 11.9 Å². The molecule has 1 aromatic rings. The molecule has 2 nitrogen and oxygen atoms in total. The molecule has 118 valence electrons. The van der Waals surface area contributed by atoms with Gasteiger partial charge < -0.3 is 0 Å². The van der Waals surface area contributed by atoms with Gasteiger partial charge in [-0.15, -0.1) is 0 Å². The number of benzene rings is 1. The van der Waals surface area contributed by atoms with Crippen LogP contribution >= 0.6 is 0 Å². The summed E-state index contributed by atoms with van der Waals surface area (Å²) in [6, 6.07) is 5.51. The first-order valence-corrected chi connectivity index (χ1v) is 7.47. The summed E-state index contributed by atoms with van der Waals surface area (Å²) >= 11 is 0. The van der Waals surface area contributed by atoms with E-state index in [0.717, 1.165) is 37.5 Å². The van der Waals surface area contributed by atoms with Crippen molar-refractivity contribution in [2.75, 3.05) is 7.05 Å². The molecule has 1 fully saturated rings. The van der Waals surface area contributed by atoms with Crippen LogP contribution in [0.1, 0.15) is 49.3 Å². The van der Waals surface area contributed by atoms with Gasteiger partial charge in [0.25, 0.3) is 0 Å². The van der Waals surface area contributed by atoms with Crippen molar-refractivity contribution in [1.82, 2.24) is 0 Å². The highest BCUT2D eigenvalue weighted by Crippen LogP contribution is 2.36. The summed E-state index contributed by atoms with van der Waals surface area (Å²) in [5.41, 5.74) is -0.0183. The fourth-order valence-electron chi connectivity index (χ4n) is 3.27. The van der Waals surface area contributed by atoms with Gasteiger partial charge in [-0.2, -0.15) is 18.4 Å². The highest BCUT2D eigenvalue weighted by atomic mass is 19.4. The van der Waals surface area contributed by atoms with Crippen molar-refractivity contribution in [3.8, 4) is 6.07 Å². The lowest BCUT2D eigenvalue weighted by molar-refractivity contribution is -0.137. The Labute approximate surface area is 128 Å². The molecule has 2 rings (SSSR count). The Morgan fingerprint density at radius 1 is 1.27 bits per heavy atom. The average Bonchev–Trinajstić information content (AvgIpc) is 2.49. The predicted octanol–water partition coefficient (Wildman–Crippen LogP) is 4.82. The Bertz CT molecular complexity index is 611. The third-order valence-corrected chi connectivity index (χ3v) is 4.44. The molecule has 0 radical (unpaired) electrons. The van der Waals surface area contributed by atoms with Crippen LogP contribution in [-0.2, 0) is 6.18 Å². The Hall–Kier alpha value is -1.83. The van der Waals surface area contributed by atoms with Crippen molar-refractivity contribution in [3.63, 3.8) is 0 Å². The van der Waals surface area contributed by atoms with Gasteiger partial charge in [0.2, 0.25) is 0 Å². The van der Waals surface area contributed by atoms with Crippen LogP contribution in [-0.4, -0.2) is 12.8 Å². The lowest BCUT2D eigenvalue weighted by atomic mass is 9.75. The van der Waals surface area contributed by atoms with Crippen LogP contribution in [0.4, 0.5) is 13.2 Å². The van der Waals surface area contributed by atoms with E-state index in [1.54, 1.807) is 19.2 Å². The molecular formula is C17H19F3N2. The highest BCUT2D eigenvalue weighted by Gasteiger charge is 2.35. The smallest absolute Gasteiger partial charge is 0.292 e. The molecule has 1 aromatic carbocycles. The molecule has 0 spiro atoms. The summed E-state index contributed by atoms with van der Waals surface area (Å²) in [6.45, 7) is 2.13. The topological polar surface area (TPSA) is 36.1 Å². The zero-order valence-electron chi connectivity index (χ0n) is 12.7. The van der Waals surface area contributed by atoms with E-state index in [1.165, 1.54) is 6.07 Å². The van der Waals surface area contributed by atoms with Crippen molar-refractivity contribution in [1.29, 1.82) is 5.26 Å². The second-order valence-electron chi connectivity index (χ2n) is 5.85. The SMILES string of the molecule is CN=C(c1ccc(C#N)c(C(F)(F)F)c1)C1CCCCC1C. The number of aliphatic imine (C=N–C) groups is 1. The van der Waals surface area contributed by atoms with Crippen molar-refractivity contribution in [2.24, 2.45) is 16.8 Å². The van der Waals surface area contributed by atoms with E-state index in [-0.39, 0.29) is 11.5 Å². The molecule has 1 saturated carbocycles. The number of hydrogen-bond acceptors (Lipinski definition) is 2. The lowest BCUT2D eigenvalue weighted by Gasteiger charge is -2.30. The van der Waals surface area contributed by atoms with Gasteiger partial charge in [0.05, 0.1) is 17.2 Å². The lowest BCUT2D eigenvalue weighted by Crippen LogP contribution is -2.26. The standard InChI is InChI=1S/C17H19F3N2/c1-11-5-3-4-6-14(11)16(22-2)12-7-8-13(10-21)15(9-12)17(18,19)20/h7-9,11,14H,3-6H2,1-2H3. The molecule has 22 heavy (non-hydrogen) atoms. The molecule has 1 aliphatic carbocycles. The number of hydrogen-bond donors (Lipinski definition) is 0. The summed E-state index contributed by atoms with van der Waals surface area (Å²) in [5, 5.41) is 8.88. The molecule has 0 saturated heterocycles. The summed E-state index contributed by atoms with van der Waals surface area (Å²) in [4.78, 5) is 4.28. The minimum atomic E-state index is -4.53. The second kappa shape index (κ2) is 6.51. The van der Waals surface area contributed by atoms with E-state index >= 15 is 0 Å². The molecular weight excluding hydrogens is 289 g/mol. The monoisotopic (exact) mass is 308 g/mol. The normalized spacial score (nSPS) is 23.2. The third-order valence-electron chi connectivity index (χ3n) is 4.44. The van der Waals surface area contributed by atoms with Gasteiger partial charge in [-0.25, -0.2) is 0 Å². The van der Waals surface area contributed by atoms with Crippen molar-refractivity contribution < 1.29 is 13.2 Å². The Balaban J connectivity index is 2.45. The summed E-state index contributed by atoms with van der Waals surface area (Å²) in [7, 11) is 1.63. The quantitative estimate of drug-likeness (QED) is 0.721. The van der Waals surface area contributed by atoms with Gasteiger partial charge >= 0.3 is 6.18 Å². The number of rotatable bonds is 2. The first kappa shape index (κ1) is 16.5. The zero-order chi connectivity index (χ0) is 16.3. The van der Waals surface area contributed by atoms with Crippen LogP contribution in [0.3, 0.4) is 0 Å². The largest absolute Gasteiger partial charge is 0.417 e. The van der Waals surface area contributed by atoms with Gasteiger partial charge in [0.1, 0.15) is 0 Å². The second-order valence-corrected chi connectivity index (χ2v) is 5.85. The van der Waals surface area contributed by atoms with E-state index in [9.17, 15) is 13.2 Å². The maximum absolute atomic E-state index is 13.1. The Kier molecular flexibility index (Phi) is 4.90. The molecule has 1 aliphatic rings. The van der Waals surface area contributed by atoms with Crippen LogP contribution in [0.25, 0.3) is 0 Å². The Morgan fingerprint density at radius 3 is 2.50 bits per heavy atom. The third kappa shape index (κ3) is 3.32. The van der Waals surface area contributed by atoms with Crippen LogP contribution in [0.2, 0.25) is 0 Å². The molecule has 0 heterocycles. The average molecular weight is 308 g/mol. The predicted molar refractivity (Wildman–Crippen MR) is 79.7 cm³/mol. The molecule has 5 heteroatoms. The highest BCUT2D eigenvalue weighted by molar-refractivity contribution is 6.02. The van der Waals surface area contributed by atoms with Gasteiger partial charge in [-0.1, -0.05) is 32.3 Å². The van der Waals surface area contributed by atoms with Crippen LogP contribution < -0.4 is 0 Å². The van der Waals surface area contributed by atoms with Crippen molar-refractivity contribution >= 4 is 5.71 Å². The minimum Gasteiger partial charge on any atom is -0.292 e. The maximum Gasteiger partial charge on any atom is 0.417 e. The fourth-order valence-corrected chi connectivity index (χ4v) is 3.27. The molecule has 0 aromatic heterocycles. The van der Waals surface area contributed by atoms with E-state index in [0.29, 0.717) is 11.5 Å². The summed E-state index contributed by atoms with van der Waals surface area (Å²) in [6.07, 6.45) is -0.258. The number of nitriles is 1. The van der Waals surface area contributed by atoms with E-state index in [4.69, 9.17) is 5.26 Å².